The molecule has 0 aromatic heterocycles. The normalized spacial score (nSPS) is 11.0. The van der Waals surface area contributed by atoms with Gasteiger partial charge < -0.3 is 4.79 Å². The minimum atomic E-state index is 0.747. The zero-order valence-electron chi connectivity index (χ0n) is 9.59. The zero-order valence-corrected chi connectivity index (χ0v) is 11.2. The molecule has 0 aliphatic rings. The lowest BCUT2D eigenvalue weighted by molar-refractivity contribution is -0.107. The molecule has 88 valence electrons. The number of rotatable bonds is 11. The molecule has 0 radical (unpaired) electrons. The Balaban J connectivity index is 2.92. The fraction of sp³-hybridized carbons (Fsp3) is 0.769. The Hall–Kier alpha value is -0.110. The van der Waals surface area contributed by atoms with E-state index in [1.165, 1.54) is 44.9 Å². The van der Waals surface area contributed by atoms with Crippen LogP contribution < -0.4 is 0 Å². The molecule has 0 rings (SSSR count). The number of halogens is 1. The molecule has 15 heavy (non-hydrogen) atoms. The molecule has 0 bridgehead atoms. The zero-order chi connectivity index (χ0) is 11.2. The summed E-state index contributed by atoms with van der Waals surface area (Å²) in [6.07, 6.45) is 16.4. The van der Waals surface area contributed by atoms with E-state index in [0.29, 0.717) is 0 Å². The second-order valence-corrected chi connectivity index (χ2v) is 4.49. The van der Waals surface area contributed by atoms with Gasteiger partial charge in [-0.2, -0.15) is 0 Å². The molecule has 0 spiro atoms. The number of hydrogen-bond donors (Lipinski definition) is 0. The summed E-state index contributed by atoms with van der Waals surface area (Å²) in [5.74, 6) is 0. The Kier molecular flexibility index (Phi) is 13.8. The van der Waals surface area contributed by atoms with E-state index in [9.17, 15) is 4.79 Å². The summed E-state index contributed by atoms with van der Waals surface area (Å²) in [4.78, 5) is 10.1. The highest BCUT2D eigenvalue weighted by Crippen LogP contribution is 2.09. The van der Waals surface area contributed by atoms with Gasteiger partial charge in [0.15, 0.2) is 0 Å². The number of carbonyl (C=O) groups is 1. The summed E-state index contributed by atoms with van der Waals surface area (Å²) < 4.78 is 0. The van der Waals surface area contributed by atoms with Crippen LogP contribution in [0.15, 0.2) is 12.2 Å². The minimum absolute atomic E-state index is 0.747. The van der Waals surface area contributed by atoms with E-state index in [4.69, 9.17) is 0 Å². The fourth-order valence-electron chi connectivity index (χ4n) is 1.55. The number of aldehydes is 1. The summed E-state index contributed by atoms with van der Waals surface area (Å²) in [7, 11) is 0. The Morgan fingerprint density at radius 3 is 1.80 bits per heavy atom. The van der Waals surface area contributed by atoms with Crippen molar-refractivity contribution in [3.05, 3.63) is 12.2 Å². The van der Waals surface area contributed by atoms with Crippen molar-refractivity contribution in [2.75, 3.05) is 5.33 Å². The number of allylic oxidation sites excluding steroid dienone is 2. The monoisotopic (exact) mass is 274 g/mol. The molecule has 1 nitrogen and oxygen atoms in total. The largest absolute Gasteiger partial charge is 0.303 e. The predicted octanol–water partition coefficient (Wildman–Crippen LogP) is 4.65. The van der Waals surface area contributed by atoms with Crippen molar-refractivity contribution in [3.63, 3.8) is 0 Å². The minimum Gasteiger partial charge on any atom is -0.303 e. The van der Waals surface area contributed by atoms with Crippen LogP contribution in [0.5, 0.6) is 0 Å². The SMILES string of the molecule is O=CCCCCCCCCC/C=C/CBr. The molecule has 0 unspecified atom stereocenters. The van der Waals surface area contributed by atoms with Crippen LogP contribution in [0.2, 0.25) is 0 Å². The predicted molar refractivity (Wildman–Crippen MR) is 70.6 cm³/mol. The average Bonchev–Trinajstić information content (AvgIpc) is 2.26. The van der Waals surface area contributed by atoms with E-state index < -0.39 is 0 Å². The molecule has 0 fully saturated rings. The Bertz CT molecular complexity index is 155. The third kappa shape index (κ3) is 13.9. The van der Waals surface area contributed by atoms with Gasteiger partial charge in [-0.3, -0.25) is 0 Å². The first kappa shape index (κ1) is 14.9. The Labute approximate surface area is 102 Å². The van der Waals surface area contributed by atoms with Gasteiger partial charge in [-0.05, 0) is 19.3 Å². The van der Waals surface area contributed by atoms with Gasteiger partial charge in [-0.1, -0.05) is 60.2 Å². The Morgan fingerprint density at radius 2 is 1.27 bits per heavy atom. The number of alkyl halides is 1. The second-order valence-electron chi connectivity index (χ2n) is 3.84. The van der Waals surface area contributed by atoms with Gasteiger partial charge in [0, 0.05) is 11.8 Å². The molecule has 0 aliphatic carbocycles. The topological polar surface area (TPSA) is 17.1 Å². The number of hydrogen-bond acceptors (Lipinski definition) is 1. The molecule has 0 amide bonds. The smallest absolute Gasteiger partial charge is 0.119 e. The van der Waals surface area contributed by atoms with E-state index >= 15 is 0 Å². The van der Waals surface area contributed by atoms with Crippen LogP contribution in [0.4, 0.5) is 0 Å². The molecular weight excluding hydrogens is 252 g/mol. The summed E-state index contributed by atoms with van der Waals surface area (Å²) in [5, 5.41) is 0.976. The van der Waals surface area contributed by atoms with Gasteiger partial charge in [-0.15, -0.1) is 0 Å². The van der Waals surface area contributed by atoms with Crippen LogP contribution in [0.1, 0.15) is 57.8 Å². The highest BCUT2D eigenvalue weighted by atomic mass is 79.9. The van der Waals surface area contributed by atoms with Crippen LogP contribution in [-0.2, 0) is 4.79 Å². The van der Waals surface area contributed by atoms with Gasteiger partial charge in [0.1, 0.15) is 6.29 Å². The first-order valence-electron chi connectivity index (χ1n) is 6.06. The van der Waals surface area contributed by atoms with Crippen LogP contribution in [0, 0.1) is 0 Å². The molecule has 0 heterocycles. The summed E-state index contributed by atoms with van der Waals surface area (Å²) in [6, 6.07) is 0. The summed E-state index contributed by atoms with van der Waals surface area (Å²) in [5.41, 5.74) is 0. The van der Waals surface area contributed by atoms with Crippen molar-refractivity contribution >= 4 is 22.2 Å². The van der Waals surface area contributed by atoms with Crippen molar-refractivity contribution < 1.29 is 4.79 Å². The van der Waals surface area contributed by atoms with Crippen molar-refractivity contribution in [2.24, 2.45) is 0 Å². The maximum atomic E-state index is 10.1. The van der Waals surface area contributed by atoms with E-state index in [1.807, 2.05) is 0 Å². The van der Waals surface area contributed by atoms with E-state index in [2.05, 4.69) is 28.1 Å². The first-order chi connectivity index (χ1) is 7.41. The molecule has 2 heteroatoms. The van der Waals surface area contributed by atoms with Gasteiger partial charge >= 0.3 is 0 Å². The van der Waals surface area contributed by atoms with Gasteiger partial charge in [0.05, 0.1) is 0 Å². The van der Waals surface area contributed by atoms with Crippen molar-refractivity contribution in [2.45, 2.75) is 57.8 Å². The standard InChI is InChI=1S/C13H23BrO/c14-12-10-8-6-4-2-1-3-5-7-9-11-13-15/h8,10,13H,1-7,9,11-12H2/b10-8+. The van der Waals surface area contributed by atoms with Crippen molar-refractivity contribution in [3.8, 4) is 0 Å². The third-order valence-corrected chi connectivity index (χ3v) is 2.82. The fourth-order valence-corrected chi connectivity index (χ4v) is 1.82. The van der Waals surface area contributed by atoms with Crippen LogP contribution >= 0.6 is 15.9 Å². The maximum Gasteiger partial charge on any atom is 0.119 e. The van der Waals surface area contributed by atoms with Gasteiger partial charge in [0.2, 0.25) is 0 Å². The van der Waals surface area contributed by atoms with Gasteiger partial charge in [0.25, 0.3) is 0 Å². The van der Waals surface area contributed by atoms with Gasteiger partial charge in [-0.25, -0.2) is 0 Å². The number of carbonyl (C=O) groups excluding carboxylic acids is 1. The van der Waals surface area contributed by atoms with Crippen molar-refractivity contribution in [1.82, 2.24) is 0 Å². The lowest BCUT2D eigenvalue weighted by Gasteiger charge is -1.99. The molecule has 0 N–H and O–H groups in total. The molecule has 0 saturated heterocycles. The molecule has 0 saturated carbocycles. The second kappa shape index (κ2) is 13.9. The van der Waals surface area contributed by atoms with E-state index in [1.54, 1.807) is 0 Å². The van der Waals surface area contributed by atoms with E-state index in [0.717, 1.165) is 24.5 Å². The van der Waals surface area contributed by atoms with Crippen LogP contribution in [-0.4, -0.2) is 11.6 Å². The highest BCUT2D eigenvalue weighted by Gasteiger charge is 1.90. The average molecular weight is 275 g/mol. The summed E-state index contributed by atoms with van der Waals surface area (Å²) >= 11 is 3.36. The van der Waals surface area contributed by atoms with Crippen molar-refractivity contribution in [1.29, 1.82) is 0 Å². The lowest BCUT2D eigenvalue weighted by Crippen LogP contribution is -1.81. The van der Waals surface area contributed by atoms with E-state index in [-0.39, 0.29) is 0 Å². The molecule has 0 aliphatic heterocycles. The maximum absolute atomic E-state index is 10.1. The Morgan fingerprint density at radius 1 is 0.733 bits per heavy atom. The lowest BCUT2D eigenvalue weighted by atomic mass is 10.1. The molecular formula is C13H23BrO. The van der Waals surface area contributed by atoms with Crippen LogP contribution in [0.25, 0.3) is 0 Å². The quantitative estimate of drug-likeness (QED) is 0.232. The summed E-state index contributed by atoms with van der Waals surface area (Å²) in [6.45, 7) is 0. The molecule has 0 aromatic carbocycles. The number of unbranched alkanes of at least 4 members (excludes halogenated alkanes) is 8. The highest BCUT2D eigenvalue weighted by molar-refractivity contribution is 9.09. The molecule has 0 atom stereocenters. The third-order valence-electron chi connectivity index (χ3n) is 2.45. The van der Waals surface area contributed by atoms with Crippen LogP contribution in [0.3, 0.4) is 0 Å². The molecule has 0 aromatic rings. The first-order valence-corrected chi connectivity index (χ1v) is 7.18.